The van der Waals surface area contributed by atoms with E-state index in [-0.39, 0.29) is 0 Å². The monoisotopic (exact) mass is 234 g/mol. The minimum atomic E-state index is -0.444. The van der Waals surface area contributed by atoms with E-state index < -0.39 is 5.24 Å². The topological polar surface area (TPSA) is 17.1 Å². The fraction of sp³-hybridized carbons (Fsp3) is 0.214. The number of carbonyl (C=O) groups is 1. The Hall–Kier alpha value is -1.34. The molecular formula is C14H15ClO. The van der Waals surface area contributed by atoms with Gasteiger partial charge >= 0.3 is 0 Å². The van der Waals surface area contributed by atoms with Crippen LogP contribution in [0.25, 0.3) is 5.57 Å². The molecule has 0 amide bonds. The molecule has 0 unspecified atom stereocenters. The van der Waals surface area contributed by atoms with Crippen LogP contribution in [0.2, 0.25) is 0 Å². The zero-order valence-corrected chi connectivity index (χ0v) is 10.1. The van der Waals surface area contributed by atoms with E-state index >= 15 is 0 Å². The van der Waals surface area contributed by atoms with Gasteiger partial charge in [-0.2, -0.15) is 0 Å². The van der Waals surface area contributed by atoms with Gasteiger partial charge in [0.1, 0.15) is 0 Å². The number of rotatable bonds is 5. The molecule has 1 aromatic carbocycles. The quantitative estimate of drug-likeness (QED) is 0.424. The average Bonchev–Trinajstić information content (AvgIpc) is 2.29. The number of benzene rings is 1. The van der Waals surface area contributed by atoms with E-state index in [1.165, 1.54) is 17.2 Å². The third kappa shape index (κ3) is 4.45. The van der Waals surface area contributed by atoms with Crippen molar-refractivity contribution in [3.63, 3.8) is 0 Å². The van der Waals surface area contributed by atoms with Gasteiger partial charge in [-0.1, -0.05) is 55.8 Å². The first-order valence-electron chi connectivity index (χ1n) is 5.36. The second-order valence-corrected chi connectivity index (χ2v) is 3.84. The van der Waals surface area contributed by atoms with Crippen LogP contribution < -0.4 is 0 Å². The van der Waals surface area contributed by atoms with Crippen molar-refractivity contribution in [1.29, 1.82) is 0 Å². The highest BCUT2D eigenvalue weighted by Gasteiger charge is 1.97. The molecule has 0 aliphatic carbocycles. The van der Waals surface area contributed by atoms with Crippen LogP contribution in [0.15, 0.2) is 48.6 Å². The molecule has 0 bridgehead atoms. The van der Waals surface area contributed by atoms with Crippen LogP contribution in [0.4, 0.5) is 0 Å². The first-order valence-corrected chi connectivity index (χ1v) is 5.74. The van der Waals surface area contributed by atoms with Crippen LogP contribution in [0, 0.1) is 0 Å². The Morgan fingerprint density at radius 2 is 2.00 bits per heavy atom. The molecule has 0 fully saturated rings. The summed E-state index contributed by atoms with van der Waals surface area (Å²) >= 11 is 5.23. The Morgan fingerprint density at radius 1 is 1.31 bits per heavy atom. The first-order chi connectivity index (χ1) is 7.74. The second kappa shape index (κ2) is 7.02. The highest BCUT2D eigenvalue weighted by atomic mass is 35.5. The van der Waals surface area contributed by atoms with E-state index in [1.807, 2.05) is 24.3 Å². The molecule has 0 radical (unpaired) electrons. The molecule has 0 saturated carbocycles. The smallest absolute Gasteiger partial charge is 0.245 e. The van der Waals surface area contributed by atoms with Crippen LogP contribution in [-0.4, -0.2) is 5.24 Å². The summed E-state index contributed by atoms with van der Waals surface area (Å²) in [6.07, 6.45) is 7.07. The van der Waals surface area contributed by atoms with Crippen LogP contribution in [0.1, 0.15) is 25.3 Å². The summed E-state index contributed by atoms with van der Waals surface area (Å²) in [6.45, 7) is 2.13. The predicted octanol–water partition coefficient (Wildman–Crippen LogP) is 4.19. The number of hydrogen-bond acceptors (Lipinski definition) is 1. The van der Waals surface area contributed by atoms with Crippen molar-refractivity contribution >= 4 is 22.4 Å². The van der Waals surface area contributed by atoms with Gasteiger partial charge in [0.2, 0.25) is 5.24 Å². The normalized spacial score (nSPS) is 12.0. The standard InChI is InChI=1S/C14H15ClO/c1-2-7-12(10-6-11-14(15)16)13-8-4-3-5-9-13/h3-6,8-11H,2,7H2,1H3/b11-6+,12-10+. The van der Waals surface area contributed by atoms with Crippen molar-refractivity contribution in [3.05, 3.63) is 54.1 Å². The van der Waals surface area contributed by atoms with Gasteiger partial charge in [-0.25, -0.2) is 0 Å². The molecular weight excluding hydrogens is 220 g/mol. The Labute approximate surface area is 101 Å². The molecule has 2 heteroatoms. The molecule has 0 heterocycles. The number of hydrogen-bond donors (Lipinski definition) is 0. The van der Waals surface area contributed by atoms with Gasteiger partial charge < -0.3 is 0 Å². The minimum absolute atomic E-state index is 0.444. The second-order valence-electron chi connectivity index (χ2n) is 3.47. The van der Waals surface area contributed by atoms with Crippen LogP contribution in [-0.2, 0) is 4.79 Å². The zero-order chi connectivity index (χ0) is 11.8. The third-order valence-corrected chi connectivity index (χ3v) is 2.31. The Kier molecular flexibility index (Phi) is 5.58. The Balaban J connectivity index is 2.87. The zero-order valence-electron chi connectivity index (χ0n) is 9.32. The predicted molar refractivity (Wildman–Crippen MR) is 69.3 cm³/mol. The van der Waals surface area contributed by atoms with Crippen LogP contribution in [0.5, 0.6) is 0 Å². The maximum absolute atomic E-state index is 10.6. The molecule has 1 nitrogen and oxygen atoms in total. The van der Waals surface area contributed by atoms with Gasteiger partial charge in [0, 0.05) is 0 Å². The molecule has 1 aromatic rings. The molecule has 0 aliphatic heterocycles. The van der Waals surface area contributed by atoms with Crippen molar-refractivity contribution in [1.82, 2.24) is 0 Å². The summed E-state index contributed by atoms with van der Waals surface area (Å²) < 4.78 is 0. The van der Waals surface area contributed by atoms with Crippen molar-refractivity contribution in [2.45, 2.75) is 19.8 Å². The fourth-order valence-electron chi connectivity index (χ4n) is 1.49. The van der Waals surface area contributed by atoms with E-state index in [9.17, 15) is 4.79 Å². The lowest BCUT2D eigenvalue weighted by Gasteiger charge is -2.04. The van der Waals surface area contributed by atoms with Gasteiger partial charge in [0.05, 0.1) is 0 Å². The van der Waals surface area contributed by atoms with E-state index in [0.29, 0.717) is 0 Å². The molecule has 84 valence electrons. The third-order valence-electron chi connectivity index (χ3n) is 2.19. The van der Waals surface area contributed by atoms with E-state index in [2.05, 4.69) is 19.1 Å². The summed E-state index contributed by atoms with van der Waals surface area (Å²) in [5.74, 6) is 0. The molecule has 0 N–H and O–H groups in total. The molecule has 0 saturated heterocycles. The lowest BCUT2D eigenvalue weighted by molar-refractivity contribution is -0.107. The molecule has 0 spiro atoms. The molecule has 0 atom stereocenters. The molecule has 16 heavy (non-hydrogen) atoms. The van der Waals surface area contributed by atoms with E-state index in [0.717, 1.165) is 12.8 Å². The van der Waals surface area contributed by atoms with E-state index in [1.54, 1.807) is 6.08 Å². The number of halogens is 1. The van der Waals surface area contributed by atoms with Crippen molar-refractivity contribution < 1.29 is 4.79 Å². The highest BCUT2D eigenvalue weighted by Crippen LogP contribution is 2.19. The largest absolute Gasteiger partial charge is 0.276 e. The van der Waals surface area contributed by atoms with Crippen molar-refractivity contribution in [2.24, 2.45) is 0 Å². The van der Waals surface area contributed by atoms with Gasteiger partial charge in [-0.05, 0) is 35.2 Å². The van der Waals surface area contributed by atoms with Crippen LogP contribution in [0.3, 0.4) is 0 Å². The molecule has 0 aromatic heterocycles. The Morgan fingerprint density at radius 3 is 2.56 bits per heavy atom. The lowest BCUT2D eigenvalue weighted by Crippen LogP contribution is -1.83. The SMILES string of the molecule is CCC/C(=C\C=C\C(=O)Cl)c1ccccc1. The van der Waals surface area contributed by atoms with Gasteiger partial charge in [0.15, 0.2) is 0 Å². The summed E-state index contributed by atoms with van der Waals surface area (Å²) in [7, 11) is 0. The van der Waals surface area contributed by atoms with Gasteiger partial charge in [-0.3, -0.25) is 4.79 Å². The first kappa shape index (κ1) is 12.7. The average molecular weight is 235 g/mol. The van der Waals surface area contributed by atoms with Crippen molar-refractivity contribution in [2.75, 3.05) is 0 Å². The van der Waals surface area contributed by atoms with Gasteiger partial charge in [0.25, 0.3) is 0 Å². The maximum atomic E-state index is 10.6. The molecule has 0 aliphatic rings. The number of carbonyl (C=O) groups excluding carboxylic acids is 1. The summed E-state index contributed by atoms with van der Waals surface area (Å²) in [4.78, 5) is 10.6. The van der Waals surface area contributed by atoms with Crippen molar-refractivity contribution in [3.8, 4) is 0 Å². The fourth-order valence-corrected chi connectivity index (χ4v) is 1.56. The summed E-state index contributed by atoms with van der Waals surface area (Å²) in [6, 6.07) is 10.1. The van der Waals surface area contributed by atoms with Gasteiger partial charge in [-0.15, -0.1) is 0 Å². The highest BCUT2D eigenvalue weighted by molar-refractivity contribution is 6.66. The summed E-state index contributed by atoms with van der Waals surface area (Å²) in [5, 5.41) is -0.444. The van der Waals surface area contributed by atoms with Crippen LogP contribution >= 0.6 is 11.6 Å². The molecule has 1 rings (SSSR count). The maximum Gasteiger partial charge on any atom is 0.245 e. The minimum Gasteiger partial charge on any atom is -0.276 e. The summed E-state index contributed by atoms with van der Waals surface area (Å²) in [5.41, 5.74) is 2.41. The Bertz CT molecular complexity index is 390. The van der Waals surface area contributed by atoms with E-state index in [4.69, 9.17) is 11.6 Å². The number of allylic oxidation sites excluding steroid dienone is 4. The lowest BCUT2D eigenvalue weighted by atomic mass is 10.0.